The fraction of sp³-hybridized carbons (Fsp3) is 0.167. The topological polar surface area (TPSA) is 63.8 Å². The maximum absolute atomic E-state index is 5.95. The molecule has 0 saturated heterocycles. The second-order valence-electron chi connectivity index (χ2n) is 3.74. The molecule has 0 aliphatic heterocycles. The molecule has 3 N–H and O–H groups in total. The number of nitrogens with two attached hydrogens (primary N) is 1. The minimum atomic E-state index is -0.207. The second-order valence-corrected chi connectivity index (χ2v) is 4.17. The molecule has 1 unspecified atom stereocenters. The van der Waals surface area contributed by atoms with Crippen LogP contribution in [0.4, 0.5) is 0 Å². The molecule has 1 aromatic carbocycles. The van der Waals surface area contributed by atoms with Crippen molar-refractivity contribution >= 4 is 11.6 Å². The summed E-state index contributed by atoms with van der Waals surface area (Å²) in [4.78, 5) is 8.51. The van der Waals surface area contributed by atoms with Crippen LogP contribution in [0.2, 0.25) is 5.02 Å². The van der Waals surface area contributed by atoms with Gasteiger partial charge < -0.3 is 0 Å². The first-order valence-electron chi connectivity index (χ1n) is 5.21. The quantitative estimate of drug-likeness (QED) is 0.644. The van der Waals surface area contributed by atoms with Gasteiger partial charge in [-0.25, -0.2) is 5.43 Å². The summed E-state index contributed by atoms with van der Waals surface area (Å²) in [7, 11) is 0. The highest BCUT2D eigenvalue weighted by Crippen LogP contribution is 2.21. The van der Waals surface area contributed by atoms with E-state index >= 15 is 0 Å². The Morgan fingerprint density at radius 1 is 1.29 bits per heavy atom. The van der Waals surface area contributed by atoms with Gasteiger partial charge in [0.15, 0.2) is 0 Å². The number of benzene rings is 1. The lowest BCUT2D eigenvalue weighted by Crippen LogP contribution is -2.29. The minimum Gasteiger partial charge on any atom is -0.271 e. The first-order chi connectivity index (χ1) is 8.20. The van der Waals surface area contributed by atoms with Crippen molar-refractivity contribution in [2.75, 3.05) is 0 Å². The molecule has 0 amide bonds. The number of halogens is 1. The van der Waals surface area contributed by atoms with Gasteiger partial charge in [0.05, 0.1) is 23.6 Å². The Hall–Kier alpha value is -1.49. The van der Waals surface area contributed by atoms with Crippen LogP contribution in [-0.4, -0.2) is 9.97 Å². The molecule has 2 aromatic rings. The highest BCUT2D eigenvalue weighted by Gasteiger charge is 2.14. The first-order valence-corrected chi connectivity index (χ1v) is 5.58. The van der Waals surface area contributed by atoms with Gasteiger partial charge in [-0.15, -0.1) is 0 Å². The Bertz CT molecular complexity index is 498. The van der Waals surface area contributed by atoms with E-state index < -0.39 is 0 Å². The average molecular weight is 249 g/mol. The summed E-state index contributed by atoms with van der Waals surface area (Å²) in [5.41, 5.74) is 5.31. The SMILES string of the molecule is Cc1cnc(C(NN)c2cccc(Cl)c2)cn1. The van der Waals surface area contributed by atoms with E-state index in [1.165, 1.54) is 0 Å². The predicted octanol–water partition coefficient (Wildman–Crippen LogP) is 1.99. The van der Waals surface area contributed by atoms with E-state index in [0.717, 1.165) is 17.0 Å². The molecule has 0 aliphatic carbocycles. The average Bonchev–Trinajstić information content (AvgIpc) is 2.33. The lowest BCUT2D eigenvalue weighted by Gasteiger charge is -2.15. The summed E-state index contributed by atoms with van der Waals surface area (Å²) in [5, 5.41) is 0.669. The van der Waals surface area contributed by atoms with Crippen LogP contribution in [0, 0.1) is 6.92 Å². The number of aryl methyl sites for hydroxylation is 1. The zero-order valence-electron chi connectivity index (χ0n) is 9.39. The first kappa shape index (κ1) is 12.0. The maximum Gasteiger partial charge on any atom is 0.0897 e. The number of hydrogen-bond acceptors (Lipinski definition) is 4. The number of hydrogen-bond donors (Lipinski definition) is 2. The molecule has 5 heteroatoms. The van der Waals surface area contributed by atoms with E-state index in [-0.39, 0.29) is 6.04 Å². The van der Waals surface area contributed by atoms with Gasteiger partial charge in [-0.2, -0.15) is 0 Å². The van der Waals surface area contributed by atoms with Crippen molar-refractivity contribution in [3.05, 3.63) is 58.6 Å². The third-order valence-electron chi connectivity index (χ3n) is 2.45. The van der Waals surface area contributed by atoms with Gasteiger partial charge in [0.1, 0.15) is 0 Å². The van der Waals surface area contributed by atoms with E-state index in [2.05, 4.69) is 15.4 Å². The zero-order valence-corrected chi connectivity index (χ0v) is 10.1. The van der Waals surface area contributed by atoms with Gasteiger partial charge in [-0.3, -0.25) is 15.8 Å². The third-order valence-corrected chi connectivity index (χ3v) is 2.68. The lowest BCUT2D eigenvalue weighted by atomic mass is 10.0. The van der Waals surface area contributed by atoms with Gasteiger partial charge in [0, 0.05) is 11.2 Å². The van der Waals surface area contributed by atoms with Crippen LogP contribution in [0.1, 0.15) is 23.0 Å². The van der Waals surface area contributed by atoms with Gasteiger partial charge in [-0.05, 0) is 24.6 Å². The fourth-order valence-electron chi connectivity index (χ4n) is 1.59. The molecule has 0 spiro atoms. The molecule has 0 bridgehead atoms. The number of nitrogens with one attached hydrogen (secondary N) is 1. The summed E-state index contributed by atoms with van der Waals surface area (Å²) >= 11 is 5.95. The maximum atomic E-state index is 5.95. The van der Waals surface area contributed by atoms with Crippen molar-refractivity contribution in [2.24, 2.45) is 5.84 Å². The number of nitrogens with zero attached hydrogens (tertiary/aromatic N) is 2. The smallest absolute Gasteiger partial charge is 0.0897 e. The fourth-order valence-corrected chi connectivity index (χ4v) is 1.79. The van der Waals surface area contributed by atoms with Crippen LogP contribution in [0.15, 0.2) is 36.7 Å². The van der Waals surface area contributed by atoms with Gasteiger partial charge in [0.2, 0.25) is 0 Å². The molecule has 0 aliphatic rings. The Kier molecular flexibility index (Phi) is 3.68. The highest BCUT2D eigenvalue weighted by molar-refractivity contribution is 6.30. The molecule has 0 radical (unpaired) electrons. The molecule has 1 heterocycles. The Morgan fingerprint density at radius 3 is 2.71 bits per heavy atom. The number of rotatable bonds is 3. The highest BCUT2D eigenvalue weighted by atomic mass is 35.5. The Morgan fingerprint density at radius 2 is 2.12 bits per heavy atom. The standard InChI is InChI=1S/C12H13ClN4/c1-8-6-16-11(7-15-8)12(17-14)9-3-2-4-10(13)5-9/h2-7,12,17H,14H2,1H3. The van der Waals surface area contributed by atoms with Gasteiger partial charge in [0.25, 0.3) is 0 Å². The van der Waals surface area contributed by atoms with E-state index in [9.17, 15) is 0 Å². The van der Waals surface area contributed by atoms with Gasteiger partial charge >= 0.3 is 0 Å². The number of hydrazine groups is 1. The van der Waals surface area contributed by atoms with Crippen LogP contribution in [0.3, 0.4) is 0 Å². The molecule has 2 rings (SSSR count). The molecule has 1 atom stereocenters. The summed E-state index contributed by atoms with van der Waals surface area (Å²) in [6.45, 7) is 1.89. The van der Waals surface area contributed by atoms with Crippen molar-refractivity contribution in [1.82, 2.24) is 15.4 Å². The predicted molar refractivity (Wildman–Crippen MR) is 67.4 cm³/mol. The molecule has 4 nitrogen and oxygen atoms in total. The molecular weight excluding hydrogens is 236 g/mol. The van der Waals surface area contributed by atoms with Crippen LogP contribution < -0.4 is 11.3 Å². The van der Waals surface area contributed by atoms with Crippen molar-refractivity contribution in [1.29, 1.82) is 0 Å². The van der Waals surface area contributed by atoms with Crippen molar-refractivity contribution in [3.8, 4) is 0 Å². The van der Waals surface area contributed by atoms with E-state index in [1.807, 2.05) is 31.2 Å². The Balaban J connectivity index is 2.36. The summed E-state index contributed by atoms with van der Waals surface area (Å²) < 4.78 is 0. The second kappa shape index (κ2) is 5.23. The molecule has 0 saturated carbocycles. The van der Waals surface area contributed by atoms with Crippen molar-refractivity contribution < 1.29 is 0 Å². The number of aromatic nitrogens is 2. The van der Waals surface area contributed by atoms with Crippen LogP contribution >= 0.6 is 11.6 Å². The minimum absolute atomic E-state index is 0.207. The summed E-state index contributed by atoms with van der Waals surface area (Å²) in [6.07, 6.45) is 3.42. The summed E-state index contributed by atoms with van der Waals surface area (Å²) in [5.74, 6) is 5.56. The monoisotopic (exact) mass is 248 g/mol. The summed E-state index contributed by atoms with van der Waals surface area (Å²) in [6, 6.07) is 7.29. The molecule has 0 fully saturated rings. The molecule has 1 aromatic heterocycles. The van der Waals surface area contributed by atoms with Crippen LogP contribution in [0.5, 0.6) is 0 Å². The van der Waals surface area contributed by atoms with Crippen molar-refractivity contribution in [3.63, 3.8) is 0 Å². The third kappa shape index (κ3) is 2.79. The molecule has 88 valence electrons. The van der Waals surface area contributed by atoms with E-state index in [4.69, 9.17) is 17.4 Å². The largest absolute Gasteiger partial charge is 0.271 e. The normalized spacial score (nSPS) is 12.4. The molecule has 17 heavy (non-hydrogen) atoms. The van der Waals surface area contributed by atoms with Gasteiger partial charge in [-0.1, -0.05) is 23.7 Å². The van der Waals surface area contributed by atoms with E-state index in [1.54, 1.807) is 12.4 Å². The van der Waals surface area contributed by atoms with Crippen LogP contribution in [0.25, 0.3) is 0 Å². The molecular formula is C12H13ClN4. The van der Waals surface area contributed by atoms with Crippen molar-refractivity contribution in [2.45, 2.75) is 13.0 Å². The zero-order chi connectivity index (χ0) is 12.3. The van der Waals surface area contributed by atoms with E-state index in [0.29, 0.717) is 5.02 Å². The Labute approximate surface area is 105 Å². The van der Waals surface area contributed by atoms with Crippen LogP contribution in [-0.2, 0) is 0 Å². The lowest BCUT2D eigenvalue weighted by molar-refractivity contribution is 0.617.